The quantitative estimate of drug-likeness (QED) is 0.761. The molecule has 1 saturated heterocycles. The molecule has 1 atom stereocenters. The second kappa shape index (κ2) is 8.80. The molecule has 1 fully saturated rings. The van der Waals surface area contributed by atoms with Crippen LogP contribution in [0.2, 0.25) is 0 Å². The van der Waals surface area contributed by atoms with Gasteiger partial charge >= 0.3 is 0 Å². The molecule has 1 unspecified atom stereocenters. The van der Waals surface area contributed by atoms with Crippen molar-refractivity contribution in [1.82, 2.24) is 15.5 Å². The lowest BCUT2D eigenvalue weighted by Gasteiger charge is -2.27. The lowest BCUT2D eigenvalue weighted by molar-refractivity contribution is -0.122. The predicted molar refractivity (Wildman–Crippen MR) is 86.3 cm³/mol. The Hall–Kier alpha value is -1.39. The Morgan fingerprint density at radius 1 is 1.38 bits per heavy atom. The zero-order valence-electron chi connectivity index (χ0n) is 13.0. The van der Waals surface area contributed by atoms with Gasteiger partial charge in [0.05, 0.1) is 6.54 Å². The molecule has 1 amide bonds. The van der Waals surface area contributed by atoms with E-state index < -0.39 is 0 Å². The highest BCUT2D eigenvalue weighted by Gasteiger charge is 2.23. The van der Waals surface area contributed by atoms with Crippen molar-refractivity contribution in [3.05, 3.63) is 35.9 Å². The van der Waals surface area contributed by atoms with Gasteiger partial charge in [-0.3, -0.25) is 9.69 Å². The lowest BCUT2D eigenvalue weighted by Crippen LogP contribution is -2.44. The molecule has 1 aliphatic rings. The average molecular weight is 289 g/mol. The van der Waals surface area contributed by atoms with Gasteiger partial charge in [-0.05, 0) is 37.9 Å². The fourth-order valence-electron chi connectivity index (χ4n) is 2.86. The van der Waals surface area contributed by atoms with Crippen molar-refractivity contribution in [3.63, 3.8) is 0 Å². The Morgan fingerprint density at radius 3 is 2.86 bits per heavy atom. The van der Waals surface area contributed by atoms with Crippen molar-refractivity contribution in [2.24, 2.45) is 0 Å². The van der Waals surface area contributed by atoms with Crippen LogP contribution in [0, 0.1) is 0 Å². The van der Waals surface area contributed by atoms with Crippen molar-refractivity contribution in [2.75, 3.05) is 32.7 Å². The third-order valence-corrected chi connectivity index (χ3v) is 3.99. The summed E-state index contributed by atoms with van der Waals surface area (Å²) in [7, 11) is 0. The van der Waals surface area contributed by atoms with E-state index in [0.29, 0.717) is 19.1 Å². The summed E-state index contributed by atoms with van der Waals surface area (Å²) in [5, 5.41) is 6.42. The second-order valence-electron chi connectivity index (χ2n) is 5.70. The van der Waals surface area contributed by atoms with Gasteiger partial charge in [-0.1, -0.05) is 37.3 Å². The third-order valence-electron chi connectivity index (χ3n) is 3.99. The number of hydrogen-bond donors (Lipinski definition) is 2. The summed E-state index contributed by atoms with van der Waals surface area (Å²) < 4.78 is 0. The van der Waals surface area contributed by atoms with Crippen LogP contribution in [0.25, 0.3) is 0 Å². The molecule has 4 nitrogen and oxygen atoms in total. The maximum Gasteiger partial charge on any atom is 0.234 e. The highest BCUT2D eigenvalue weighted by Crippen LogP contribution is 2.08. The number of carbonyl (C=O) groups is 1. The van der Waals surface area contributed by atoms with Crippen LogP contribution in [-0.4, -0.2) is 49.6 Å². The van der Waals surface area contributed by atoms with E-state index in [1.165, 1.54) is 5.56 Å². The molecule has 2 N–H and O–H groups in total. The summed E-state index contributed by atoms with van der Waals surface area (Å²) in [5.41, 5.74) is 1.27. The molecule has 0 aliphatic carbocycles. The summed E-state index contributed by atoms with van der Waals surface area (Å²) >= 11 is 0. The van der Waals surface area contributed by atoms with Crippen LogP contribution in [0.3, 0.4) is 0 Å². The number of nitrogens with one attached hydrogen (secondary N) is 2. The van der Waals surface area contributed by atoms with E-state index in [4.69, 9.17) is 0 Å². The highest BCUT2D eigenvalue weighted by atomic mass is 16.2. The number of carbonyl (C=O) groups excluding carboxylic acids is 1. The summed E-state index contributed by atoms with van der Waals surface area (Å²) in [6.07, 6.45) is 3.14. The minimum absolute atomic E-state index is 0.145. The van der Waals surface area contributed by atoms with Gasteiger partial charge in [0.15, 0.2) is 0 Å². The van der Waals surface area contributed by atoms with Crippen molar-refractivity contribution in [3.8, 4) is 0 Å². The standard InChI is InChI=1S/C17H27N3O/c1-2-12-20(16-9-10-18-13-16)14-17(21)19-11-8-15-6-4-3-5-7-15/h3-7,16,18H,2,8-14H2,1H3,(H,19,21). The average Bonchev–Trinajstić information content (AvgIpc) is 3.02. The first-order valence-corrected chi connectivity index (χ1v) is 8.05. The van der Waals surface area contributed by atoms with Crippen LogP contribution in [0.15, 0.2) is 30.3 Å². The summed E-state index contributed by atoms with van der Waals surface area (Å²) in [4.78, 5) is 14.4. The summed E-state index contributed by atoms with van der Waals surface area (Å²) in [6, 6.07) is 10.8. The van der Waals surface area contributed by atoms with Gasteiger partial charge in [0, 0.05) is 19.1 Å². The zero-order valence-corrected chi connectivity index (χ0v) is 13.0. The first-order valence-electron chi connectivity index (χ1n) is 8.05. The van der Waals surface area contributed by atoms with Crippen molar-refractivity contribution >= 4 is 5.91 Å². The normalized spacial score (nSPS) is 18.1. The number of nitrogens with zero attached hydrogens (tertiary/aromatic N) is 1. The van der Waals surface area contributed by atoms with Crippen molar-refractivity contribution in [2.45, 2.75) is 32.2 Å². The van der Waals surface area contributed by atoms with E-state index in [9.17, 15) is 4.79 Å². The number of benzene rings is 1. The molecule has 0 saturated carbocycles. The molecule has 0 spiro atoms. The predicted octanol–water partition coefficient (Wildman–Crippen LogP) is 1.42. The Labute approximate surface area is 127 Å². The van der Waals surface area contributed by atoms with Gasteiger partial charge in [0.1, 0.15) is 0 Å². The van der Waals surface area contributed by atoms with Crippen LogP contribution in [-0.2, 0) is 11.2 Å². The molecule has 0 radical (unpaired) electrons. The molecule has 4 heteroatoms. The Balaban J connectivity index is 1.71. The van der Waals surface area contributed by atoms with Crippen LogP contribution in [0.5, 0.6) is 0 Å². The molecule has 0 bridgehead atoms. The summed E-state index contributed by atoms with van der Waals surface area (Å²) in [5.74, 6) is 0.145. The van der Waals surface area contributed by atoms with Crippen molar-refractivity contribution in [1.29, 1.82) is 0 Å². The molecule has 1 heterocycles. The molecule has 1 aromatic rings. The topological polar surface area (TPSA) is 44.4 Å². The number of amides is 1. The third kappa shape index (κ3) is 5.48. The van der Waals surface area contributed by atoms with E-state index in [1.54, 1.807) is 0 Å². The minimum Gasteiger partial charge on any atom is -0.355 e. The molecule has 1 aromatic carbocycles. The first-order chi connectivity index (χ1) is 10.3. The van der Waals surface area contributed by atoms with E-state index >= 15 is 0 Å². The fraction of sp³-hybridized carbons (Fsp3) is 0.588. The molecular weight excluding hydrogens is 262 g/mol. The molecule has 0 aromatic heterocycles. The van der Waals surface area contributed by atoms with Crippen molar-refractivity contribution < 1.29 is 4.79 Å². The Kier molecular flexibility index (Phi) is 6.70. The van der Waals surface area contributed by atoms with E-state index in [1.807, 2.05) is 18.2 Å². The largest absolute Gasteiger partial charge is 0.355 e. The first kappa shape index (κ1) is 16.0. The Morgan fingerprint density at radius 2 is 2.19 bits per heavy atom. The van der Waals surface area contributed by atoms with E-state index in [-0.39, 0.29) is 5.91 Å². The van der Waals surface area contributed by atoms with Gasteiger partial charge in [0.25, 0.3) is 0 Å². The molecule has 2 rings (SSSR count). The van der Waals surface area contributed by atoms with Gasteiger partial charge < -0.3 is 10.6 Å². The van der Waals surface area contributed by atoms with Crippen LogP contribution < -0.4 is 10.6 Å². The monoisotopic (exact) mass is 289 g/mol. The number of rotatable bonds is 8. The smallest absolute Gasteiger partial charge is 0.234 e. The van der Waals surface area contributed by atoms with E-state index in [0.717, 1.165) is 38.9 Å². The second-order valence-corrected chi connectivity index (χ2v) is 5.70. The molecule has 116 valence electrons. The molecule has 21 heavy (non-hydrogen) atoms. The Bertz CT molecular complexity index is 415. The van der Waals surface area contributed by atoms with Gasteiger partial charge in [-0.25, -0.2) is 0 Å². The zero-order chi connectivity index (χ0) is 14.9. The van der Waals surface area contributed by atoms with E-state index in [2.05, 4.69) is 34.6 Å². The van der Waals surface area contributed by atoms with Crippen LogP contribution in [0.1, 0.15) is 25.3 Å². The van der Waals surface area contributed by atoms with Crippen LogP contribution in [0.4, 0.5) is 0 Å². The lowest BCUT2D eigenvalue weighted by atomic mass is 10.1. The van der Waals surface area contributed by atoms with Gasteiger partial charge in [-0.15, -0.1) is 0 Å². The van der Waals surface area contributed by atoms with Gasteiger partial charge in [-0.2, -0.15) is 0 Å². The highest BCUT2D eigenvalue weighted by molar-refractivity contribution is 5.78. The SMILES string of the molecule is CCCN(CC(=O)NCCc1ccccc1)C1CCNC1. The summed E-state index contributed by atoms with van der Waals surface area (Å²) in [6.45, 7) is 6.49. The van der Waals surface area contributed by atoms with Gasteiger partial charge in [0.2, 0.25) is 5.91 Å². The number of hydrogen-bond acceptors (Lipinski definition) is 3. The molecule has 1 aliphatic heterocycles. The maximum atomic E-state index is 12.1. The maximum absolute atomic E-state index is 12.1. The molecular formula is C17H27N3O. The fourth-order valence-corrected chi connectivity index (χ4v) is 2.86. The minimum atomic E-state index is 0.145. The van der Waals surface area contributed by atoms with Crippen LogP contribution >= 0.6 is 0 Å².